The molecule has 0 fully saturated rings. The second-order valence-corrected chi connectivity index (χ2v) is 8.80. The number of hydrogen-bond donors (Lipinski definition) is 1. The van der Waals surface area contributed by atoms with Crippen LogP contribution in [0, 0.1) is 5.41 Å². The topological polar surface area (TPSA) is 46.5 Å². The van der Waals surface area contributed by atoms with Crippen LogP contribution in [0.5, 0.6) is 0 Å². The van der Waals surface area contributed by atoms with Crippen LogP contribution in [0.4, 0.5) is 0 Å². The molecule has 0 aliphatic rings. The molecule has 0 saturated carbocycles. The van der Waals surface area contributed by atoms with Crippen LogP contribution in [0.1, 0.15) is 130 Å². The Kier molecular flexibility index (Phi) is 18.4. The van der Waals surface area contributed by atoms with Crippen molar-refractivity contribution >= 4 is 5.97 Å². The van der Waals surface area contributed by atoms with Crippen molar-refractivity contribution in [1.82, 2.24) is 0 Å². The molecular formula is C24H48O3. The third kappa shape index (κ3) is 17.3. The molecule has 0 atom stereocenters. The lowest BCUT2D eigenvalue weighted by atomic mass is 9.87. The molecule has 0 aromatic carbocycles. The van der Waals surface area contributed by atoms with Gasteiger partial charge in [-0.15, -0.1) is 0 Å². The van der Waals surface area contributed by atoms with Crippen molar-refractivity contribution in [1.29, 1.82) is 0 Å². The molecule has 162 valence electrons. The SMILES string of the molecule is CCCCCCCCCCCCCCCCCCC(C)(C)C(=O)OCCO. The quantitative estimate of drug-likeness (QED) is 0.178. The van der Waals surface area contributed by atoms with Crippen LogP contribution in [-0.2, 0) is 9.53 Å². The minimum Gasteiger partial charge on any atom is -0.463 e. The van der Waals surface area contributed by atoms with Crippen molar-refractivity contribution in [3.63, 3.8) is 0 Å². The molecule has 0 aromatic rings. The zero-order chi connectivity index (χ0) is 20.2. The highest BCUT2D eigenvalue weighted by Crippen LogP contribution is 2.26. The summed E-state index contributed by atoms with van der Waals surface area (Å²) in [7, 11) is 0. The lowest BCUT2D eigenvalue weighted by Crippen LogP contribution is -2.27. The van der Waals surface area contributed by atoms with Crippen molar-refractivity contribution in [2.24, 2.45) is 5.41 Å². The molecule has 1 N–H and O–H groups in total. The molecule has 0 radical (unpaired) electrons. The maximum atomic E-state index is 11.9. The van der Waals surface area contributed by atoms with Gasteiger partial charge in [-0.2, -0.15) is 0 Å². The summed E-state index contributed by atoms with van der Waals surface area (Å²) in [5.74, 6) is -0.183. The largest absolute Gasteiger partial charge is 0.463 e. The van der Waals surface area contributed by atoms with Gasteiger partial charge in [0.15, 0.2) is 0 Å². The van der Waals surface area contributed by atoms with Crippen LogP contribution in [0.15, 0.2) is 0 Å². The maximum absolute atomic E-state index is 11.9. The predicted octanol–water partition coefficient (Wildman–Crippen LogP) is 7.20. The highest BCUT2D eigenvalue weighted by Gasteiger charge is 2.28. The maximum Gasteiger partial charge on any atom is 0.311 e. The van der Waals surface area contributed by atoms with E-state index in [1.165, 1.54) is 96.3 Å². The summed E-state index contributed by atoms with van der Waals surface area (Å²) >= 11 is 0. The van der Waals surface area contributed by atoms with Gasteiger partial charge in [-0.3, -0.25) is 4.79 Å². The minimum absolute atomic E-state index is 0.0964. The monoisotopic (exact) mass is 384 g/mol. The summed E-state index contributed by atoms with van der Waals surface area (Å²) in [5, 5.41) is 8.73. The second kappa shape index (κ2) is 18.8. The van der Waals surface area contributed by atoms with E-state index in [0.29, 0.717) is 0 Å². The zero-order valence-corrected chi connectivity index (χ0v) is 18.7. The highest BCUT2D eigenvalue weighted by molar-refractivity contribution is 5.75. The number of aliphatic hydroxyl groups is 1. The molecule has 0 aromatic heterocycles. The van der Waals surface area contributed by atoms with Gasteiger partial charge in [-0.25, -0.2) is 0 Å². The fourth-order valence-corrected chi connectivity index (χ4v) is 3.55. The van der Waals surface area contributed by atoms with Gasteiger partial charge >= 0.3 is 5.97 Å². The van der Waals surface area contributed by atoms with E-state index in [2.05, 4.69) is 6.92 Å². The smallest absolute Gasteiger partial charge is 0.311 e. The number of esters is 1. The molecule has 0 rings (SSSR count). The third-order valence-corrected chi connectivity index (χ3v) is 5.53. The predicted molar refractivity (Wildman–Crippen MR) is 116 cm³/mol. The van der Waals surface area contributed by atoms with E-state index in [1.54, 1.807) is 0 Å². The van der Waals surface area contributed by atoms with E-state index in [-0.39, 0.29) is 19.2 Å². The highest BCUT2D eigenvalue weighted by atomic mass is 16.5. The van der Waals surface area contributed by atoms with Gasteiger partial charge in [-0.05, 0) is 20.3 Å². The summed E-state index contributed by atoms with van der Waals surface area (Å²) in [6.45, 7) is 6.18. The molecule has 27 heavy (non-hydrogen) atoms. The number of carbonyl (C=O) groups is 1. The molecule has 0 aliphatic carbocycles. The molecule has 0 bridgehead atoms. The van der Waals surface area contributed by atoms with Gasteiger partial charge in [0.05, 0.1) is 12.0 Å². The molecular weight excluding hydrogens is 336 g/mol. The Labute approximate surface area is 169 Å². The normalized spacial score (nSPS) is 11.7. The van der Waals surface area contributed by atoms with E-state index in [0.717, 1.165) is 12.8 Å². The molecule has 3 nitrogen and oxygen atoms in total. The van der Waals surface area contributed by atoms with E-state index >= 15 is 0 Å². The first-order valence-corrected chi connectivity index (χ1v) is 11.8. The van der Waals surface area contributed by atoms with Gasteiger partial charge in [0.1, 0.15) is 6.61 Å². The summed E-state index contributed by atoms with van der Waals surface area (Å²) in [6.07, 6.45) is 22.7. The molecule has 3 heteroatoms. The van der Waals surface area contributed by atoms with Crippen molar-refractivity contribution in [3.8, 4) is 0 Å². The first-order chi connectivity index (χ1) is 13.0. The molecule has 0 heterocycles. The van der Waals surface area contributed by atoms with Crippen LogP contribution in [0.2, 0.25) is 0 Å². The molecule has 0 aliphatic heterocycles. The first-order valence-electron chi connectivity index (χ1n) is 11.8. The van der Waals surface area contributed by atoms with Gasteiger partial charge in [-0.1, -0.05) is 110 Å². The van der Waals surface area contributed by atoms with Crippen molar-refractivity contribution < 1.29 is 14.6 Å². The average Bonchev–Trinajstić information content (AvgIpc) is 2.65. The summed E-state index contributed by atoms with van der Waals surface area (Å²) < 4.78 is 5.05. The molecule has 0 saturated heterocycles. The molecule has 0 unspecified atom stereocenters. The Morgan fingerprint density at radius 2 is 1.07 bits per heavy atom. The Bertz CT molecular complexity index is 326. The number of ether oxygens (including phenoxy) is 1. The minimum atomic E-state index is -0.425. The lowest BCUT2D eigenvalue weighted by molar-refractivity contribution is -0.155. The zero-order valence-electron chi connectivity index (χ0n) is 18.7. The first kappa shape index (κ1) is 26.4. The molecule has 0 spiro atoms. The lowest BCUT2D eigenvalue weighted by Gasteiger charge is -2.22. The van der Waals surface area contributed by atoms with Crippen LogP contribution in [0.25, 0.3) is 0 Å². The Hall–Kier alpha value is -0.570. The van der Waals surface area contributed by atoms with Crippen LogP contribution in [-0.4, -0.2) is 24.3 Å². The number of rotatable bonds is 20. The van der Waals surface area contributed by atoms with Crippen molar-refractivity contribution in [3.05, 3.63) is 0 Å². The number of aliphatic hydroxyl groups excluding tert-OH is 1. The van der Waals surface area contributed by atoms with Crippen LogP contribution < -0.4 is 0 Å². The van der Waals surface area contributed by atoms with E-state index in [9.17, 15) is 4.79 Å². The van der Waals surface area contributed by atoms with Crippen LogP contribution in [0.3, 0.4) is 0 Å². The van der Waals surface area contributed by atoms with Gasteiger partial charge in [0, 0.05) is 0 Å². The van der Waals surface area contributed by atoms with Crippen molar-refractivity contribution in [2.75, 3.05) is 13.2 Å². The summed E-state index contributed by atoms with van der Waals surface area (Å²) in [6, 6.07) is 0. The van der Waals surface area contributed by atoms with Gasteiger partial charge in [0.25, 0.3) is 0 Å². The fraction of sp³-hybridized carbons (Fsp3) is 0.958. The van der Waals surface area contributed by atoms with Crippen molar-refractivity contribution in [2.45, 2.75) is 130 Å². The average molecular weight is 385 g/mol. The van der Waals surface area contributed by atoms with Gasteiger partial charge < -0.3 is 9.84 Å². The van der Waals surface area contributed by atoms with Gasteiger partial charge in [0.2, 0.25) is 0 Å². The standard InChI is InChI=1S/C24H48O3/c1-4-5-6-7-8-9-10-11-12-13-14-15-16-17-18-19-20-24(2,3)23(26)27-22-21-25/h25H,4-22H2,1-3H3. The third-order valence-electron chi connectivity index (χ3n) is 5.53. The number of hydrogen-bond acceptors (Lipinski definition) is 3. The second-order valence-electron chi connectivity index (χ2n) is 8.80. The van der Waals surface area contributed by atoms with E-state index in [1.807, 2.05) is 13.8 Å². The van der Waals surface area contributed by atoms with Crippen LogP contribution >= 0.6 is 0 Å². The van der Waals surface area contributed by atoms with E-state index in [4.69, 9.17) is 9.84 Å². The Balaban J connectivity index is 3.30. The number of carbonyl (C=O) groups excluding carboxylic acids is 1. The Morgan fingerprint density at radius 1 is 0.704 bits per heavy atom. The summed E-state index contributed by atoms with van der Waals surface area (Å²) in [4.78, 5) is 11.9. The Morgan fingerprint density at radius 3 is 1.44 bits per heavy atom. The van der Waals surface area contributed by atoms with E-state index < -0.39 is 5.41 Å². The summed E-state index contributed by atoms with van der Waals surface area (Å²) in [5.41, 5.74) is -0.425. The fourth-order valence-electron chi connectivity index (χ4n) is 3.55. The number of unbranched alkanes of at least 4 members (excludes halogenated alkanes) is 15. The molecule has 0 amide bonds.